The Morgan fingerprint density at radius 2 is 1.85 bits per heavy atom. The van der Waals surface area contributed by atoms with Gasteiger partial charge < -0.3 is 10.4 Å². The first-order valence-corrected chi connectivity index (χ1v) is 6.22. The van der Waals surface area contributed by atoms with Gasteiger partial charge >= 0.3 is 6.18 Å². The summed E-state index contributed by atoms with van der Waals surface area (Å²) in [4.78, 5) is 11.9. The van der Waals surface area contributed by atoms with Gasteiger partial charge in [-0.25, -0.2) is 0 Å². The van der Waals surface area contributed by atoms with Crippen LogP contribution in [0, 0.1) is 5.92 Å². The number of hydrogen-bond acceptors (Lipinski definition) is 2. The number of amides is 1. The SMILES string of the molecule is CC(C)C(C)(O)CNC(=O)c1ccccc1C(F)(F)F. The van der Waals surface area contributed by atoms with Crippen LogP contribution < -0.4 is 5.32 Å². The van der Waals surface area contributed by atoms with Crippen molar-refractivity contribution in [1.82, 2.24) is 5.32 Å². The van der Waals surface area contributed by atoms with Crippen LogP contribution in [0.15, 0.2) is 24.3 Å². The van der Waals surface area contributed by atoms with Crippen molar-refractivity contribution in [1.29, 1.82) is 0 Å². The summed E-state index contributed by atoms with van der Waals surface area (Å²) >= 11 is 0. The van der Waals surface area contributed by atoms with Crippen molar-refractivity contribution < 1.29 is 23.1 Å². The Bertz CT molecular complexity index is 482. The van der Waals surface area contributed by atoms with Crippen LogP contribution in [0.1, 0.15) is 36.7 Å². The fourth-order valence-electron chi connectivity index (χ4n) is 1.49. The lowest BCUT2D eigenvalue weighted by Crippen LogP contribution is -2.44. The second kappa shape index (κ2) is 5.83. The van der Waals surface area contributed by atoms with E-state index in [4.69, 9.17) is 0 Å². The van der Waals surface area contributed by atoms with Gasteiger partial charge in [0.25, 0.3) is 5.91 Å². The molecule has 0 bridgehead atoms. The fraction of sp³-hybridized carbons (Fsp3) is 0.500. The Labute approximate surface area is 115 Å². The van der Waals surface area contributed by atoms with Gasteiger partial charge in [0.2, 0.25) is 0 Å². The quantitative estimate of drug-likeness (QED) is 0.895. The summed E-state index contributed by atoms with van der Waals surface area (Å²) in [6.07, 6.45) is -4.59. The molecular formula is C14H18F3NO2. The first-order valence-electron chi connectivity index (χ1n) is 6.22. The molecule has 1 aromatic rings. The first kappa shape index (κ1) is 16.5. The van der Waals surface area contributed by atoms with E-state index in [1.807, 2.05) is 0 Å². The topological polar surface area (TPSA) is 49.3 Å². The van der Waals surface area contributed by atoms with Crippen LogP contribution >= 0.6 is 0 Å². The summed E-state index contributed by atoms with van der Waals surface area (Å²) in [6.45, 7) is 4.93. The summed E-state index contributed by atoms with van der Waals surface area (Å²) < 4.78 is 38.3. The zero-order chi connectivity index (χ0) is 15.6. The van der Waals surface area contributed by atoms with Gasteiger partial charge in [0, 0.05) is 6.54 Å². The van der Waals surface area contributed by atoms with Crippen molar-refractivity contribution in [2.75, 3.05) is 6.54 Å². The molecule has 0 aliphatic rings. The van der Waals surface area contributed by atoms with Crippen molar-refractivity contribution in [3.05, 3.63) is 35.4 Å². The van der Waals surface area contributed by atoms with Gasteiger partial charge in [-0.05, 0) is 25.0 Å². The highest BCUT2D eigenvalue weighted by atomic mass is 19.4. The standard InChI is InChI=1S/C14H18F3NO2/c1-9(2)13(3,20)8-18-12(19)10-6-4-5-7-11(10)14(15,16)17/h4-7,9,20H,8H2,1-3H3,(H,18,19). The number of hydrogen-bond donors (Lipinski definition) is 2. The molecule has 1 atom stereocenters. The van der Waals surface area contributed by atoms with Gasteiger partial charge in [-0.3, -0.25) is 4.79 Å². The van der Waals surface area contributed by atoms with Crippen LogP contribution in [0.4, 0.5) is 13.2 Å². The Hall–Kier alpha value is -1.56. The third-order valence-electron chi connectivity index (χ3n) is 3.33. The number of benzene rings is 1. The highest BCUT2D eigenvalue weighted by Gasteiger charge is 2.35. The van der Waals surface area contributed by atoms with Crippen LogP contribution in [-0.2, 0) is 6.18 Å². The van der Waals surface area contributed by atoms with Crippen LogP contribution in [0.5, 0.6) is 0 Å². The van der Waals surface area contributed by atoms with Crippen LogP contribution in [-0.4, -0.2) is 23.2 Å². The number of alkyl halides is 3. The zero-order valence-corrected chi connectivity index (χ0v) is 11.6. The van der Waals surface area contributed by atoms with E-state index < -0.39 is 28.8 Å². The summed E-state index contributed by atoms with van der Waals surface area (Å²) in [7, 11) is 0. The maximum Gasteiger partial charge on any atom is 0.417 e. The van der Waals surface area contributed by atoms with E-state index in [9.17, 15) is 23.1 Å². The van der Waals surface area contributed by atoms with Crippen molar-refractivity contribution in [3.63, 3.8) is 0 Å². The molecule has 20 heavy (non-hydrogen) atoms. The molecule has 1 rings (SSSR count). The predicted molar refractivity (Wildman–Crippen MR) is 69.2 cm³/mol. The van der Waals surface area contributed by atoms with E-state index in [2.05, 4.69) is 5.32 Å². The number of aliphatic hydroxyl groups is 1. The van der Waals surface area contributed by atoms with E-state index in [1.165, 1.54) is 19.1 Å². The molecular weight excluding hydrogens is 271 g/mol. The molecule has 1 aromatic carbocycles. The highest BCUT2D eigenvalue weighted by molar-refractivity contribution is 5.95. The van der Waals surface area contributed by atoms with E-state index in [-0.39, 0.29) is 12.5 Å². The highest BCUT2D eigenvalue weighted by Crippen LogP contribution is 2.31. The minimum atomic E-state index is -4.59. The lowest BCUT2D eigenvalue weighted by Gasteiger charge is -2.28. The van der Waals surface area contributed by atoms with Crippen molar-refractivity contribution in [2.24, 2.45) is 5.92 Å². The molecule has 0 saturated carbocycles. The van der Waals surface area contributed by atoms with Crippen molar-refractivity contribution in [2.45, 2.75) is 32.5 Å². The van der Waals surface area contributed by atoms with Crippen molar-refractivity contribution in [3.8, 4) is 0 Å². The fourth-order valence-corrected chi connectivity index (χ4v) is 1.49. The van der Waals surface area contributed by atoms with Gasteiger partial charge in [0.05, 0.1) is 16.7 Å². The number of carbonyl (C=O) groups is 1. The molecule has 1 amide bonds. The Morgan fingerprint density at radius 1 is 1.30 bits per heavy atom. The van der Waals surface area contributed by atoms with Crippen LogP contribution in [0.3, 0.4) is 0 Å². The van der Waals surface area contributed by atoms with Gasteiger partial charge in [0.1, 0.15) is 0 Å². The third-order valence-corrected chi connectivity index (χ3v) is 3.33. The molecule has 1 unspecified atom stereocenters. The molecule has 0 radical (unpaired) electrons. The van der Waals surface area contributed by atoms with E-state index >= 15 is 0 Å². The molecule has 0 saturated heterocycles. The summed E-state index contributed by atoms with van der Waals surface area (Å²) in [6, 6.07) is 4.56. The second-order valence-electron chi connectivity index (χ2n) is 5.24. The maximum atomic E-state index is 12.8. The molecule has 0 aliphatic carbocycles. The maximum absolute atomic E-state index is 12.8. The van der Waals surface area contributed by atoms with Crippen LogP contribution in [0.25, 0.3) is 0 Å². The average Bonchev–Trinajstić information content (AvgIpc) is 2.35. The summed E-state index contributed by atoms with van der Waals surface area (Å²) in [5, 5.41) is 12.3. The molecule has 6 heteroatoms. The second-order valence-corrected chi connectivity index (χ2v) is 5.24. The molecule has 0 heterocycles. The minimum Gasteiger partial charge on any atom is -0.388 e. The minimum absolute atomic E-state index is 0.115. The van der Waals surface area contributed by atoms with Crippen molar-refractivity contribution >= 4 is 5.91 Å². The summed E-state index contributed by atoms with van der Waals surface area (Å²) in [5.41, 5.74) is -2.61. The number of nitrogens with one attached hydrogen (secondary N) is 1. The van der Waals surface area contributed by atoms with Crippen LogP contribution in [0.2, 0.25) is 0 Å². The summed E-state index contributed by atoms with van der Waals surface area (Å²) in [5.74, 6) is -0.987. The first-order chi connectivity index (χ1) is 9.05. The third kappa shape index (κ3) is 3.96. The number of carbonyl (C=O) groups excluding carboxylic acids is 1. The monoisotopic (exact) mass is 289 g/mol. The van der Waals surface area contributed by atoms with Gasteiger partial charge in [-0.2, -0.15) is 13.2 Å². The lowest BCUT2D eigenvalue weighted by atomic mass is 9.92. The number of halogens is 3. The smallest absolute Gasteiger partial charge is 0.388 e. The molecule has 0 spiro atoms. The van der Waals surface area contributed by atoms with E-state index in [0.717, 1.165) is 12.1 Å². The predicted octanol–water partition coefficient (Wildman–Crippen LogP) is 2.84. The Balaban J connectivity index is 2.90. The number of rotatable bonds is 4. The lowest BCUT2D eigenvalue weighted by molar-refractivity contribution is -0.137. The normalized spacial score (nSPS) is 15.0. The Kier molecular flexibility index (Phi) is 4.81. The zero-order valence-electron chi connectivity index (χ0n) is 11.6. The molecule has 0 aromatic heterocycles. The molecule has 3 nitrogen and oxygen atoms in total. The molecule has 0 aliphatic heterocycles. The Morgan fingerprint density at radius 3 is 2.35 bits per heavy atom. The molecule has 112 valence electrons. The average molecular weight is 289 g/mol. The van der Waals surface area contributed by atoms with E-state index in [1.54, 1.807) is 13.8 Å². The largest absolute Gasteiger partial charge is 0.417 e. The molecule has 0 fully saturated rings. The van der Waals surface area contributed by atoms with Gasteiger partial charge in [0.15, 0.2) is 0 Å². The molecule has 2 N–H and O–H groups in total. The van der Waals surface area contributed by atoms with Gasteiger partial charge in [-0.15, -0.1) is 0 Å². The van der Waals surface area contributed by atoms with Gasteiger partial charge in [-0.1, -0.05) is 26.0 Å². The van der Waals surface area contributed by atoms with E-state index in [0.29, 0.717) is 0 Å².